The van der Waals surface area contributed by atoms with Gasteiger partial charge in [-0.1, -0.05) is 43.9 Å². The molecule has 33 heavy (non-hydrogen) atoms. The third-order valence-electron chi connectivity index (χ3n) is 5.51. The molecule has 0 aromatic heterocycles. The molecule has 1 aliphatic rings. The molecular weight excluding hydrogens is 440 g/mol. The summed E-state index contributed by atoms with van der Waals surface area (Å²) in [6, 6.07) is 12.2. The minimum Gasteiger partial charge on any atom is -0.376 e. The molecule has 0 aliphatic heterocycles. The van der Waals surface area contributed by atoms with Crippen LogP contribution >= 0.6 is 11.6 Å². The van der Waals surface area contributed by atoms with Crippen molar-refractivity contribution in [3.05, 3.63) is 53.1 Å². The van der Waals surface area contributed by atoms with Gasteiger partial charge in [0.15, 0.2) is 0 Å². The van der Waals surface area contributed by atoms with Crippen LogP contribution in [0.25, 0.3) is 0 Å². The molecule has 0 saturated heterocycles. The number of carbonyl (C=O) groups excluding carboxylic acids is 3. The van der Waals surface area contributed by atoms with Crippen molar-refractivity contribution in [2.75, 3.05) is 22.5 Å². The SMILES string of the molecule is CCCC(=O)Nc1cccc(NC(=O)CNc2ccc(Cl)c(C(=O)NC3CCCCC3)c2)c1. The minimum absolute atomic E-state index is 0.0116. The first-order valence-electron chi connectivity index (χ1n) is 11.5. The van der Waals surface area contributed by atoms with Crippen molar-refractivity contribution >= 4 is 46.4 Å². The number of halogens is 1. The second-order valence-corrected chi connectivity index (χ2v) is 8.69. The lowest BCUT2D eigenvalue weighted by Gasteiger charge is -2.23. The first-order chi connectivity index (χ1) is 15.9. The molecule has 7 nitrogen and oxygen atoms in total. The Morgan fingerprint density at radius 1 is 0.909 bits per heavy atom. The van der Waals surface area contributed by atoms with E-state index in [1.54, 1.807) is 42.5 Å². The molecule has 0 radical (unpaired) electrons. The molecule has 2 aromatic carbocycles. The van der Waals surface area contributed by atoms with Gasteiger partial charge in [-0.15, -0.1) is 0 Å². The van der Waals surface area contributed by atoms with E-state index in [4.69, 9.17) is 11.6 Å². The predicted molar refractivity (Wildman–Crippen MR) is 133 cm³/mol. The van der Waals surface area contributed by atoms with Gasteiger partial charge in [-0.05, 0) is 55.7 Å². The lowest BCUT2D eigenvalue weighted by Crippen LogP contribution is -2.36. The van der Waals surface area contributed by atoms with Crippen molar-refractivity contribution < 1.29 is 14.4 Å². The number of anilines is 3. The number of hydrogen-bond donors (Lipinski definition) is 4. The van der Waals surface area contributed by atoms with E-state index in [9.17, 15) is 14.4 Å². The molecule has 0 spiro atoms. The molecule has 3 amide bonds. The number of hydrogen-bond acceptors (Lipinski definition) is 4. The molecular formula is C25H31ClN4O3. The van der Waals surface area contributed by atoms with Gasteiger partial charge in [-0.3, -0.25) is 14.4 Å². The lowest BCUT2D eigenvalue weighted by molar-refractivity contribution is -0.116. The van der Waals surface area contributed by atoms with Crippen LogP contribution in [0.3, 0.4) is 0 Å². The first kappa shape index (κ1) is 24.6. The number of amides is 3. The number of rotatable bonds is 9. The zero-order valence-corrected chi connectivity index (χ0v) is 19.6. The summed E-state index contributed by atoms with van der Waals surface area (Å²) in [4.78, 5) is 36.9. The second-order valence-electron chi connectivity index (χ2n) is 8.28. The van der Waals surface area contributed by atoms with Crippen LogP contribution in [0.15, 0.2) is 42.5 Å². The van der Waals surface area contributed by atoms with E-state index in [1.807, 2.05) is 6.92 Å². The van der Waals surface area contributed by atoms with E-state index >= 15 is 0 Å². The molecule has 2 aromatic rings. The molecule has 0 heterocycles. The normalized spacial score (nSPS) is 13.8. The Labute approximate surface area is 199 Å². The molecule has 176 valence electrons. The van der Waals surface area contributed by atoms with E-state index < -0.39 is 0 Å². The highest BCUT2D eigenvalue weighted by Crippen LogP contribution is 2.23. The number of carbonyl (C=O) groups is 3. The fraction of sp³-hybridized carbons (Fsp3) is 0.400. The van der Waals surface area contributed by atoms with Gasteiger partial charge < -0.3 is 21.3 Å². The van der Waals surface area contributed by atoms with Crippen LogP contribution in [0.2, 0.25) is 5.02 Å². The second kappa shape index (κ2) is 12.3. The summed E-state index contributed by atoms with van der Waals surface area (Å²) in [6.45, 7) is 1.95. The Kier molecular flexibility index (Phi) is 9.13. The predicted octanol–water partition coefficient (Wildman–Crippen LogP) is 5.19. The monoisotopic (exact) mass is 470 g/mol. The first-order valence-corrected chi connectivity index (χ1v) is 11.9. The standard InChI is InChI=1S/C25H31ClN4O3/c1-2-7-23(31)28-19-10-6-11-20(14-19)29-24(32)16-27-18-12-13-22(26)21(15-18)25(33)30-17-8-4-3-5-9-17/h6,10-15,17,27H,2-5,7-9,16H2,1H3,(H,28,31)(H,29,32)(H,30,33). The molecule has 1 fully saturated rings. The molecule has 1 saturated carbocycles. The Bertz CT molecular complexity index is 989. The fourth-order valence-electron chi connectivity index (χ4n) is 3.83. The molecule has 4 N–H and O–H groups in total. The number of benzene rings is 2. The maximum absolute atomic E-state index is 12.7. The quantitative estimate of drug-likeness (QED) is 0.405. The zero-order chi connectivity index (χ0) is 23.6. The molecule has 0 bridgehead atoms. The van der Waals surface area contributed by atoms with E-state index in [1.165, 1.54) is 6.42 Å². The van der Waals surface area contributed by atoms with Crippen LogP contribution in [0.5, 0.6) is 0 Å². The van der Waals surface area contributed by atoms with Crippen molar-refractivity contribution in [3.8, 4) is 0 Å². The highest BCUT2D eigenvalue weighted by Gasteiger charge is 2.18. The molecule has 0 unspecified atom stereocenters. The summed E-state index contributed by atoms with van der Waals surface area (Å²) >= 11 is 6.25. The van der Waals surface area contributed by atoms with Gasteiger partial charge in [-0.25, -0.2) is 0 Å². The van der Waals surface area contributed by atoms with Crippen molar-refractivity contribution in [1.29, 1.82) is 0 Å². The van der Waals surface area contributed by atoms with Gasteiger partial charge in [0.2, 0.25) is 11.8 Å². The van der Waals surface area contributed by atoms with Crippen molar-refractivity contribution in [1.82, 2.24) is 5.32 Å². The average molecular weight is 471 g/mol. The summed E-state index contributed by atoms with van der Waals surface area (Å²) in [5, 5.41) is 12.1. The van der Waals surface area contributed by atoms with Crippen LogP contribution in [0.1, 0.15) is 62.2 Å². The van der Waals surface area contributed by atoms with E-state index in [-0.39, 0.29) is 30.3 Å². The van der Waals surface area contributed by atoms with E-state index in [0.717, 1.165) is 32.1 Å². The van der Waals surface area contributed by atoms with Gasteiger partial charge in [0, 0.05) is 29.5 Å². The summed E-state index contributed by atoms with van der Waals surface area (Å²) in [5.74, 6) is -0.508. The smallest absolute Gasteiger partial charge is 0.253 e. The minimum atomic E-state index is -0.254. The zero-order valence-electron chi connectivity index (χ0n) is 18.9. The highest BCUT2D eigenvalue weighted by molar-refractivity contribution is 6.34. The van der Waals surface area contributed by atoms with Crippen molar-refractivity contribution in [2.24, 2.45) is 0 Å². The van der Waals surface area contributed by atoms with Crippen LogP contribution < -0.4 is 21.3 Å². The largest absolute Gasteiger partial charge is 0.376 e. The van der Waals surface area contributed by atoms with Gasteiger partial charge in [0.25, 0.3) is 5.91 Å². The topological polar surface area (TPSA) is 99.3 Å². The third kappa shape index (κ3) is 7.79. The van der Waals surface area contributed by atoms with Gasteiger partial charge in [0.05, 0.1) is 17.1 Å². The Morgan fingerprint density at radius 2 is 1.61 bits per heavy atom. The molecule has 8 heteroatoms. The molecule has 1 aliphatic carbocycles. The van der Waals surface area contributed by atoms with Crippen LogP contribution in [0, 0.1) is 0 Å². The highest BCUT2D eigenvalue weighted by atomic mass is 35.5. The summed E-state index contributed by atoms with van der Waals surface area (Å²) < 4.78 is 0. The Morgan fingerprint density at radius 3 is 2.30 bits per heavy atom. The summed E-state index contributed by atoms with van der Waals surface area (Å²) in [5.41, 5.74) is 2.23. The van der Waals surface area contributed by atoms with Crippen LogP contribution in [-0.4, -0.2) is 30.3 Å². The van der Waals surface area contributed by atoms with E-state index in [2.05, 4.69) is 21.3 Å². The van der Waals surface area contributed by atoms with E-state index in [0.29, 0.717) is 34.1 Å². The van der Waals surface area contributed by atoms with Gasteiger partial charge in [-0.2, -0.15) is 0 Å². The maximum Gasteiger partial charge on any atom is 0.253 e. The van der Waals surface area contributed by atoms with Crippen molar-refractivity contribution in [3.63, 3.8) is 0 Å². The lowest BCUT2D eigenvalue weighted by atomic mass is 9.95. The Hall–Kier alpha value is -3.06. The maximum atomic E-state index is 12.7. The van der Waals surface area contributed by atoms with Crippen molar-refractivity contribution in [2.45, 2.75) is 57.9 Å². The summed E-state index contributed by atoms with van der Waals surface area (Å²) in [7, 11) is 0. The molecule has 3 rings (SSSR count). The van der Waals surface area contributed by atoms with Crippen LogP contribution in [-0.2, 0) is 9.59 Å². The Balaban J connectivity index is 1.54. The van der Waals surface area contributed by atoms with Crippen LogP contribution in [0.4, 0.5) is 17.1 Å². The third-order valence-corrected chi connectivity index (χ3v) is 5.84. The van der Waals surface area contributed by atoms with Gasteiger partial charge >= 0.3 is 0 Å². The average Bonchev–Trinajstić information content (AvgIpc) is 2.79. The molecule has 0 atom stereocenters. The summed E-state index contributed by atoms with van der Waals surface area (Å²) in [6.07, 6.45) is 6.67. The number of nitrogens with one attached hydrogen (secondary N) is 4. The van der Waals surface area contributed by atoms with Gasteiger partial charge in [0.1, 0.15) is 0 Å². The fourth-order valence-corrected chi connectivity index (χ4v) is 4.04.